The fourth-order valence-corrected chi connectivity index (χ4v) is 3.92. The topological polar surface area (TPSA) is 66.2 Å². The number of nitrogens with zero attached hydrogens (tertiary/aromatic N) is 3. The SMILES string of the molecule is CC(C)OP(=O)(Cn1nnc2ccccc21)OC(C)C. The maximum atomic E-state index is 12.8. The van der Waals surface area contributed by atoms with Gasteiger partial charge in [-0.25, -0.2) is 4.68 Å². The summed E-state index contributed by atoms with van der Waals surface area (Å²) in [4.78, 5) is 0. The Balaban J connectivity index is 2.29. The molecule has 7 heteroatoms. The van der Waals surface area contributed by atoms with Crippen LogP contribution in [0.5, 0.6) is 0 Å². The van der Waals surface area contributed by atoms with Gasteiger partial charge in [-0.1, -0.05) is 17.3 Å². The Morgan fingerprint density at radius 3 is 2.35 bits per heavy atom. The normalized spacial score (nSPS) is 12.7. The van der Waals surface area contributed by atoms with Gasteiger partial charge in [0.05, 0.1) is 17.7 Å². The number of rotatable bonds is 6. The Kier molecular flexibility index (Phi) is 4.58. The largest absolute Gasteiger partial charge is 0.352 e. The van der Waals surface area contributed by atoms with Crippen molar-refractivity contribution in [1.82, 2.24) is 15.0 Å². The molecule has 0 saturated heterocycles. The second-order valence-corrected chi connectivity index (χ2v) is 7.06. The Morgan fingerprint density at radius 2 is 1.75 bits per heavy atom. The summed E-state index contributed by atoms with van der Waals surface area (Å²) in [5.41, 5.74) is 1.57. The highest BCUT2D eigenvalue weighted by molar-refractivity contribution is 7.52. The van der Waals surface area contributed by atoms with Crippen LogP contribution in [0, 0.1) is 0 Å². The van der Waals surface area contributed by atoms with Gasteiger partial charge < -0.3 is 9.05 Å². The van der Waals surface area contributed by atoms with Crippen molar-refractivity contribution in [3.8, 4) is 0 Å². The molecule has 0 aliphatic rings. The molecule has 6 nitrogen and oxygen atoms in total. The smallest absolute Gasteiger partial charge is 0.305 e. The Bertz CT molecular complexity index is 610. The average Bonchev–Trinajstić information content (AvgIpc) is 2.70. The summed E-state index contributed by atoms with van der Waals surface area (Å²) in [6.07, 6.45) is -0.312. The minimum absolute atomic E-state index is 0.0594. The van der Waals surface area contributed by atoms with E-state index in [4.69, 9.17) is 9.05 Å². The highest BCUT2D eigenvalue weighted by atomic mass is 31.2. The molecule has 1 aromatic heterocycles. The number of benzene rings is 1. The van der Waals surface area contributed by atoms with Gasteiger partial charge in [-0.15, -0.1) is 5.10 Å². The first-order valence-corrected chi connectivity index (χ1v) is 8.36. The van der Waals surface area contributed by atoms with Crippen LogP contribution >= 0.6 is 7.60 Å². The molecule has 110 valence electrons. The van der Waals surface area contributed by atoms with Crippen molar-refractivity contribution in [2.45, 2.75) is 46.2 Å². The minimum atomic E-state index is -3.26. The predicted molar refractivity (Wildman–Crippen MR) is 77.6 cm³/mol. The third-order valence-corrected chi connectivity index (χ3v) is 4.57. The molecule has 0 fully saturated rings. The average molecular weight is 297 g/mol. The molecule has 20 heavy (non-hydrogen) atoms. The van der Waals surface area contributed by atoms with Crippen molar-refractivity contribution in [2.24, 2.45) is 0 Å². The molecular formula is C13H20N3O3P. The highest BCUT2D eigenvalue weighted by Crippen LogP contribution is 2.52. The van der Waals surface area contributed by atoms with Crippen molar-refractivity contribution in [2.75, 3.05) is 0 Å². The van der Waals surface area contributed by atoms with Crippen LogP contribution in [0.2, 0.25) is 0 Å². The van der Waals surface area contributed by atoms with Crippen molar-refractivity contribution in [1.29, 1.82) is 0 Å². The van der Waals surface area contributed by atoms with Crippen molar-refractivity contribution < 1.29 is 13.6 Å². The lowest BCUT2D eigenvalue weighted by Crippen LogP contribution is -2.13. The fraction of sp³-hybridized carbons (Fsp3) is 0.538. The Labute approximate surface area is 118 Å². The van der Waals surface area contributed by atoms with Crippen molar-refractivity contribution in [3.05, 3.63) is 24.3 Å². The van der Waals surface area contributed by atoms with E-state index in [2.05, 4.69) is 10.3 Å². The third kappa shape index (κ3) is 3.66. The Hall–Kier alpha value is -1.23. The number of aromatic nitrogens is 3. The van der Waals surface area contributed by atoms with Gasteiger partial charge in [0.15, 0.2) is 0 Å². The zero-order valence-electron chi connectivity index (χ0n) is 12.2. The second kappa shape index (κ2) is 6.04. The standard InChI is InChI=1S/C13H20N3O3P/c1-10(2)18-20(17,19-11(3)4)9-16-13-8-6-5-7-12(13)14-15-16/h5-8,10-11H,9H2,1-4H3. The van der Waals surface area contributed by atoms with Crippen molar-refractivity contribution in [3.63, 3.8) is 0 Å². The molecule has 0 unspecified atom stereocenters. The predicted octanol–water partition coefficient (Wildman–Crippen LogP) is 3.43. The van der Waals surface area contributed by atoms with Crippen LogP contribution < -0.4 is 0 Å². The van der Waals surface area contributed by atoms with Crippen LogP contribution in [0.3, 0.4) is 0 Å². The summed E-state index contributed by atoms with van der Waals surface area (Å²) in [5.74, 6) is 0. The number of para-hydroxylation sites is 1. The molecule has 0 bridgehead atoms. The summed E-state index contributed by atoms with van der Waals surface area (Å²) < 4.78 is 25.4. The van der Waals surface area contributed by atoms with Gasteiger partial charge in [-0.2, -0.15) is 0 Å². The number of fused-ring (bicyclic) bond motifs is 1. The summed E-state index contributed by atoms with van der Waals surface area (Å²) in [7, 11) is -3.26. The zero-order valence-corrected chi connectivity index (χ0v) is 13.1. The van der Waals surface area contributed by atoms with Gasteiger partial charge in [-0.3, -0.25) is 4.57 Å². The lowest BCUT2D eigenvalue weighted by atomic mass is 10.3. The van der Waals surface area contributed by atoms with E-state index < -0.39 is 7.60 Å². The molecule has 0 radical (unpaired) electrons. The van der Waals surface area contributed by atoms with E-state index in [1.54, 1.807) is 4.68 Å². The van der Waals surface area contributed by atoms with E-state index >= 15 is 0 Å². The molecule has 0 aliphatic carbocycles. The monoisotopic (exact) mass is 297 g/mol. The molecular weight excluding hydrogens is 277 g/mol. The summed E-state index contributed by atoms with van der Waals surface area (Å²) in [6, 6.07) is 7.51. The second-order valence-electron chi connectivity index (χ2n) is 5.14. The molecule has 0 atom stereocenters. The van der Waals surface area contributed by atoms with Crippen LogP contribution in [0.25, 0.3) is 11.0 Å². The fourth-order valence-electron chi connectivity index (χ4n) is 1.92. The zero-order chi connectivity index (χ0) is 14.8. The van der Waals surface area contributed by atoms with Gasteiger partial charge in [-0.05, 0) is 39.8 Å². The van der Waals surface area contributed by atoms with Gasteiger partial charge in [0.1, 0.15) is 11.8 Å². The van der Waals surface area contributed by atoms with E-state index in [-0.39, 0.29) is 18.5 Å². The summed E-state index contributed by atoms with van der Waals surface area (Å²) in [6.45, 7) is 7.32. The molecule has 0 N–H and O–H groups in total. The first-order valence-electron chi connectivity index (χ1n) is 6.64. The minimum Gasteiger partial charge on any atom is -0.305 e. The quantitative estimate of drug-likeness (QED) is 0.764. The van der Waals surface area contributed by atoms with Crippen molar-refractivity contribution >= 4 is 18.6 Å². The highest BCUT2D eigenvalue weighted by Gasteiger charge is 2.29. The van der Waals surface area contributed by atoms with E-state index in [0.717, 1.165) is 11.0 Å². The van der Waals surface area contributed by atoms with Crippen LogP contribution in [-0.4, -0.2) is 27.2 Å². The molecule has 2 rings (SSSR count). The molecule has 0 amide bonds. The van der Waals surface area contributed by atoms with E-state index in [1.165, 1.54) is 0 Å². The van der Waals surface area contributed by atoms with Gasteiger partial charge in [0.25, 0.3) is 0 Å². The third-order valence-electron chi connectivity index (χ3n) is 2.47. The molecule has 0 spiro atoms. The summed E-state index contributed by atoms with van der Waals surface area (Å²) in [5, 5.41) is 8.07. The number of hydrogen-bond donors (Lipinski definition) is 0. The number of hydrogen-bond acceptors (Lipinski definition) is 5. The van der Waals surface area contributed by atoms with Gasteiger partial charge in [0, 0.05) is 0 Å². The van der Waals surface area contributed by atoms with Crippen LogP contribution in [0.15, 0.2) is 24.3 Å². The molecule has 1 heterocycles. The summed E-state index contributed by atoms with van der Waals surface area (Å²) >= 11 is 0. The molecule has 0 aliphatic heterocycles. The van der Waals surface area contributed by atoms with Crippen LogP contribution in [-0.2, 0) is 19.9 Å². The first kappa shape index (κ1) is 15.2. The molecule has 2 aromatic rings. The van der Waals surface area contributed by atoms with E-state index in [9.17, 15) is 4.57 Å². The molecule has 0 saturated carbocycles. The van der Waals surface area contributed by atoms with E-state index in [0.29, 0.717) is 0 Å². The van der Waals surface area contributed by atoms with Gasteiger partial charge >= 0.3 is 7.60 Å². The molecule has 1 aromatic carbocycles. The van der Waals surface area contributed by atoms with Crippen LogP contribution in [0.4, 0.5) is 0 Å². The maximum Gasteiger partial charge on any atom is 0.352 e. The van der Waals surface area contributed by atoms with E-state index in [1.807, 2.05) is 52.0 Å². The first-order chi connectivity index (χ1) is 9.39. The Morgan fingerprint density at radius 1 is 1.15 bits per heavy atom. The van der Waals surface area contributed by atoms with Gasteiger partial charge in [0.2, 0.25) is 0 Å². The lowest BCUT2D eigenvalue weighted by molar-refractivity contribution is 0.137. The lowest BCUT2D eigenvalue weighted by Gasteiger charge is -2.22. The van der Waals surface area contributed by atoms with Crippen LogP contribution in [0.1, 0.15) is 27.7 Å². The maximum absolute atomic E-state index is 12.8.